The monoisotopic (exact) mass is 270 g/mol. The standard InChI is InChI=1S/C17H22N2O/c1-2-20-16-11-15(12-19-13-16)17(18)10-6-9-14-7-4-3-5-8-14/h3-5,7-8,11-13,17H,2,6,9-10,18H2,1H3. The van der Waals surface area contributed by atoms with Crippen molar-refractivity contribution in [2.24, 2.45) is 5.73 Å². The van der Waals surface area contributed by atoms with Gasteiger partial charge in [-0.1, -0.05) is 30.3 Å². The average molecular weight is 270 g/mol. The molecule has 0 aliphatic rings. The number of nitrogens with two attached hydrogens (primary N) is 1. The van der Waals surface area contributed by atoms with Crippen LogP contribution in [0.2, 0.25) is 0 Å². The zero-order valence-corrected chi connectivity index (χ0v) is 12.0. The maximum absolute atomic E-state index is 6.23. The van der Waals surface area contributed by atoms with E-state index in [-0.39, 0.29) is 6.04 Å². The molecule has 2 N–H and O–H groups in total. The van der Waals surface area contributed by atoms with Crippen molar-refractivity contribution in [2.75, 3.05) is 6.61 Å². The van der Waals surface area contributed by atoms with E-state index in [1.54, 1.807) is 6.20 Å². The van der Waals surface area contributed by atoms with Crippen molar-refractivity contribution in [3.63, 3.8) is 0 Å². The Morgan fingerprint density at radius 2 is 2.00 bits per heavy atom. The summed E-state index contributed by atoms with van der Waals surface area (Å²) in [5, 5.41) is 0. The number of hydrogen-bond donors (Lipinski definition) is 1. The second-order valence-electron chi connectivity index (χ2n) is 4.87. The van der Waals surface area contributed by atoms with Gasteiger partial charge in [-0.05, 0) is 43.4 Å². The van der Waals surface area contributed by atoms with Crippen LogP contribution in [0, 0.1) is 0 Å². The molecule has 0 aliphatic heterocycles. The quantitative estimate of drug-likeness (QED) is 0.837. The summed E-state index contributed by atoms with van der Waals surface area (Å²) in [5.74, 6) is 0.795. The largest absolute Gasteiger partial charge is 0.492 e. The number of benzene rings is 1. The Morgan fingerprint density at radius 3 is 2.75 bits per heavy atom. The van der Waals surface area contributed by atoms with Crippen LogP contribution in [-0.2, 0) is 6.42 Å². The van der Waals surface area contributed by atoms with E-state index in [1.165, 1.54) is 5.56 Å². The van der Waals surface area contributed by atoms with Crippen LogP contribution in [0.25, 0.3) is 0 Å². The third-order valence-electron chi connectivity index (χ3n) is 3.30. The van der Waals surface area contributed by atoms with E-state index in [0.29, 0.717) is 6.61 Å². The summed E-state index contributed by atoms with van der Waals surface area (Å²) >= 11 is 0. The van der Waals surface area contributed by atoms with E-state index in [1.807, 2.05) is 25.3 Å². The minimum atomic E-state index is 0.0200. The predicted octanol–water partition coefficient (Wildman–Crippen LogP) is 3.50. The summed E-state index contributed by atoms with van der Waals surface area (Å²) in [6.45, 7) is 2.61. The van der Waals surface area contributed by atoms with Crippen LogP contribution < -0.4 is 10.5 Å². The molecule has 0 saturated carbocycles. The molecule has 3 nitrogen and oxygen atoms in total. The van der Waals surface area contributed by atoms with Gasteiger partial charge in [0, 0.05) is 12.2 Å². The number of hydrogen-bond acceptors (Lipinski definition) is 3. The lowest BCUT2D eigenvalue weighted by molar-refractivity contribution is 0.338. The minimum Gasteiger partial charge on any atom is -0.492 e. The molecule has 3 heteroatoms. The van der Waals surface area contributed by atoms with Gasteiger partial charge in [0.05, 0.1) is 12.8 Å². The highest BCUT2D eigenvalue weighted by atomic mass is 16.5. The molecule has 1 atom stereocenters. The van der Waals surface area contributed by atoms with E-state index < -0.39 is 0 Å². The highest BCUT2D eigenvalue weighted by Crippen LogP contribution is 2.20. The zero-order valence-electron chi connectivity index (χ0n) is 12.0. The van der Waals surface area contributed by atoms with Crippen LogP contribution in [0.4, 0.5) is 0 Å². The lowest BCUT2D eigenvalue weighted by Crippen LogP contribution is -2.11. The number of aromatic nitrogens is 1. The number of nitrogens with zero attached hydrogens (tertiary/aromatic N) is 1. The van der Waals surface area contributed by atoms with Gasteiger partial charge in [0.15, 0.2) is 0 Å². The molecule has 0 aliphatic carbocycles. The first-order valence-corrected chi connectivity index (χ1v) is 7.17. The molecule has 0 amide bonds. The lowest BCUT2D eigenvalue weighted by Gasteiger charge is -2.13. The molecule has 106 valence electrons. The SMILES string of the molecule is CCOc1cncc(C(N)CCCc2ccccc2)c1. The van der Waals surface area contributed by atoms with Crippen molar-refractivity contribution < 1.29 is 4.74 Å². The second-order valence-corrected chi connectivity index (χ2v) is 4.87. The Morgan fingerprint density at radius 1 is 1.20 bits per heavy atom. The van der Waals surface area contributed by atoms with Gasteiger partial charge in [-0.15, -0.1) is 0 Å². The second kappa shape index (κ2) is 7.65. The molecule has 0 radical (unpaired) electrons. The maximum atomic E-state index is 6.23. The summed E-state index contributed by atoms with van der Waals surface area (Å²) in [6, 6.07) is 12.5. The Kier molecular flexibility index (Phi) is 5.56. The Bertz CT molecular complexity index is 513. The van der Waals surface area contributed by atoms with E-state index in [2.05, 4.69) is 29.2 Å². The fourth-order valence-electron chi connectivity index (χ4n) is 2.22. The molecular formula is C17H22N2O. The fourth-order valence-corrected chi connectivity index (χ4v) is 2.22. The van der Waals surface area contributed by atoms with Gasteiger partial charge in [0.25, 0.3) is 0 Å². The van der Waals surface area contributed by atoms with Gasteiger partial charge in [-0.25, -0.2) is 0 Å². The summed E-state index contributed by atoms with van der Waals surface area (Å²) in [7, 11) is 0. The van der Waals surface area contributed by atoms with Gasteiger partial charge in [0.1, 0.15) is 5.75 Å². The van der Waals surface area contributed by atoms with Crippen LogP contribution in [-0.4, -0.2) is 11.6 Å². The first kappa shape index (κ1) is 14.5. The molecule has 20 heavy (non-hydrogen) atoms. The van der Waals surface area contributed by atoms with Crippen LogP contribution in [0.1, 0.15) is 36.9 Å². The Balaban J connectivity index is 1.85. The van der Waals surface area contributed by atoms with Crippen LogP contribution >= 0.6 is 0 Å². The van der Waals surface area contributed by atoms with E-state index in [9.17, 15) is 0 Å². The van der Waals surface area contributed by atoms with Gasteiger partial charge in [-0.3, -0.25) is 4.98 Å². The molecule has 2 rings (SSSR count). The Labute approximate surface area is 120 Å². The molecule has 1 aromatic carbocycles. The smallest absolute Gasteiger partial charge is 0.137 e. The third-order valence-corrected chi connectivity index (χ3v) is 3.30. The van der Waals surface area contributed by atoms with Crippen molar-refractivity contribution in [1.29, 1.82) is 0 Å². The average Bonchev–Trinajstić information content (AvgIpc) is 2.49. The van der Waals surface area contributed by atoms with Gasteiger partial charge >= 0.3 is 0 Å². The topological polar surface area (TPSA) is 48.1 Å². The summed E-state index contributed by atoms with van der Waals surface area (Å²) in [4.78, 5) is 4.19. The van der Waals surface area contributed by atoms with Crippen LogP contribution in [0.15, 0.2) is 48.8 Å². The molecule has 1 aromatic heterocycles. The van der Waals surface area contributed by atoms with E-state index in [4.69, 9.17) is 10.5 Å². The summed E-state index contributed by atoms with van der Waals surface area (Å²) < 4.78 is 5.45. The highest BCUT2D eigenvalue weighted by Gasteiger charge is 2.07. The van der Waals surface area contributed by atoms with Crippen molar-refractivity contribution in [1.82, 2.24) is 4.98 Å². The third kappa shape index (κ3) is 4.35. The van der Waals surface area contributed by atoms with Gasteiger partial charge in [-0.2, -0.15) is 0 Å². The first-order valence-electron chi connectivity index (χ1n) is 7.17. The van der Waals surface area contributed by atoms with Crippen molar-refractivity contribution >= 4 is 0 Å². The molecule has 0 fully saturated rings. The zero-order chi connectivity index (χ0) is 14.2. The minimum absolute atomic E-state index is 0.0200. The number of ether oxygens (including phenoxy) is 1. The fraction of sp³-hybridized carbons (Fsp3) is 0.353. The van der Waals surface area contributed by atoms with Crippen LogP contribution in [0.3, 0.4) is 0 Å². The lowest BCUT2D eigenvalue weighted by atomic mass is 10.0. The van der Waals surface area contributed by atoms with E-state index in [0.717, 1.165) is 30.6 Å². The first-order chi connectivity index (χ1) is 9.79. The highest BCUT2D eigenvalue weighted by molar-refractivity contribution is 5.25. The van der Waals surface area contributed by atoms with Gasteiger partial charge in [0.2, 0.25) is 0 Å². The number of aryl methyl sites for hydroxylation is 1. The molecule has 0 saturated heterocycles. The predicted molar refractivity (Wildman–Crippen MR) is 81.7 cm³/mol. The maximum Gasteiger partial charge on any atom is 0.137 e. The molecule has 0 bridgehead atoms. The normalized spacial score (nSPS) is 12.1. The molecular weight excluding hydrogens is 248 g/mol. The molecule has 1 heterocycles. The van der Waals surface area contributed by atoms with Crippen molar-refractivity contribution in [3.05, 3.63) is 59.9 Å². The van der Waals surface area contributed by atoms with E-state index >= 15 is 0 Å². The Hall–Kier alpha value is -1.87. The number of pyridine rings is 1. The van der Waals surface area contributed by atoms with Gasteiger partial charge < -0.3 is 10.5 Å². The van der Waals surface area contributed by atoms with Crippen molar-refractivity contribution in [3.8, 4) is 5.75 Å². The summed E-state index contributed by atoms with van der Waals surface area (Å²) in [6.07, 6.45) is 6.64. The summed E-state index contributed by atoms with van der Waals surface area (Å²) in [5.41, 5.74) is 8.64. The van der Waals surface area contributed by atoms with Crippen LogP contribution in [0.5, 0.6) is 5.75 Å². The van der Waals surface area contributed by atoms with Crippen molar-refractivity contribution in [2.45, 2.75) is 32.2 Å². The number of rotatable bonds is 7. The molecule has 2 aromatic rings. The molecule has 0 spiro atoms. The molecule has 1 unspecified atom stereocenters.